The summed E-state index contributed by atoms with van der Waals surface area (Å²) in [6.45, 7) is 27.3. The highest BCUT2D eigenvalue weighted by Gasteiger charge is 2.56. The molecule has 1 N–H and O–H groups in total. The van der Waals surface area contributed by atoms with E-state index in [2.05, 4.69) is 93.4 Å². The molecule has 8 nitrogen and oxygen atoms in total. The van der Waals surface area contributed by atoms with Crippen LogP contribution in [0.5, 0.6) is 5.88 Å². The highest BCUT2D eigenvalue weighted by molar-refractivity contribution is 6.79. The predicted molar refractivity (Wildman–Crippen MR) is 177 cm³/mol. The van der Waals surface area contributed by atoms with Crippen LogP contribution in [0.4, 0.5) is 4.39 Å². The third-order valence-electron chi connectivity index (χ3n) is 10.3. The fourth-order valence-corrected chi connectivity index (χ4v) is 8.65. The van der Waals surface area contributed by atoms with E-state index < -0.39 is 28.4 Å². The Morgan fingerprint density at radius 2 is 1.59 bits per heavy atom. The number of hydrogen-bond donors (Lipinski definition) is 1. The van der Waals surface area contributed by atoms with Crippen LogP contribution >= 0.6 is 0 Å². The van der Waals surface area contributed by atoms with Crippen molar-refractivity contribution in [2.45, 2.75) is 128 Å². The lowest BCUT2D eigenvalue weighted by atomic mass is 10.0. The Bertz CT molecular complexity index is 1500. The minimum Gasteiger partial charge on any atom is -0.471 e. The van der Waals surface area contributed by atoms with Gasteiger partial charge in [-0.15, -0.1) is 0 Å². The molecule has 0 spiro atoms. The van der Waals surface area contributed by atoms with Gasteiger partial charge >= 0.3 is 6.08 Å². The molecule has 0 saturated carbocycles. The van der Waals surface area contributed by atoms with Crippen molar-refractivity contribution < 1.29 is 23.0 Å². The van der Waals surface area contributed by atoms with Crippen LogP contribution < -0.4 is 10.1 Å². The van der Waals surface area contributed by atoms with E-state index in [1.54, 1.807) is 0 Å². The van der Waals surface area contributed by atoms with E-state index in [1.807, 2.05) is 44.2 Å². The third kappa shape index (κ3) is 6.15. The van der Waals surface area contributed by atoms with E-state index >= 15 is 4.39 Å². The normalized spacial score (nSPS) is 24.2. The largest absolute Gasteiger partial charge is 0.471 e. The molecule has 2 aliphatic rings. The molecule has 2 aliphatic heterocycles. The first-order valence-electron chi connectivity index (χ1n) is 15.7. The summed E-state index contributed by atoms with van der Waals surface area (Å²) in [5.74, 6) is -0.504. The second-order valence-electron chi connectivity index (χ2n) is 15.9. The van der Waals surface area contributed by atoms with Crippen LogP contribution in [0, 0.1) is 6.08 Å². The minimum absolute atomic E-state index is 0.0263. The van der Waals surface area contributed by atoms with E-state index in [9.17, 15) is 0 Å². The summed E-state index contributed by atoms with van der Waals surface area (Å²) in [6, 6.07) is 9.46. The van der Waals surface area contributed by atoms with Gasteiger partial charge in [0, 0.05) is 11.8 Å². The zero-order valence-electron chi connectivity index (χ0n) is 28.5. The molecule has 0 bridgehead atoms. The lowest BCUT2D eigenvalue weighted by molar-refractivity contribution is -0.157. The molecule has 0 unspecified atom stereocenters. The van der Waals surface area contributed by atoms with Crippen molar-refractivity contribution in [2.75, 3.05) is 6.61 Å². The first-order valence-corrected chi connectivity index (χ1v) is 21.6. The highest BCUT2D eigenvalue weighted by Crippen LogP contribution is 2.47. The zero-order chi connectivity index (χ0) is 32.5. The smallest absolute Gasteiger partial charge is 0.312 e. The number of ether oxygens (including phenoxy) is 3. The fourth-order valence-electron chi connectivity index (χ4n) is 5.68. The molecule has 0 amide bonds. The minimum atomic E-state index is -2.26. The summed E-state index contributed by atoms with van der Waals surface area (Å²) in [7, 11) is -4.27. The summed E-state index contributed by atoms with van der Waals surface area (Å²) in [5.41, 5.74) is 3.11. The van der Waals surface area contributed by atoms with Gasteiger partial charge in [0.05, 0.1) is 18.7 Å². The number of rotatable bonds is 8. The first kappa shape index (κ1) is 33.2. The Hall–Kier alpha value is -2.16. The fraction of sp³-hybridized carbons (Fsp3) is 0.636. The molecule has 2 saturated heterocycles. The monoisotopic (exact) mass is 642 g/mol. The van der Waals surface area contributed by atoms with Crippen LogP contribution in [-0.2, 0) is 20.5 Å². The molecule has 11 heteroatoms. The molecule has 0 aliphatic carbocycles. The quantitative estimate of drug-likeness (QED) is 0.201. The van der Waals surface area contributed by atoms with E-state index in [0.29, 0.717) is 12.1 Å². The number of nitrogens with zero attached hydrogens (tertiary/aromatic N) is 3. The van der Waals surface area contributed by atoms with Crippen LogP contribution in [0.3, 0.4) is 0 Å². The topological polar surface area (TPSA) is 79.7 Å². The van der Waals surface area contributed by atoms with Gasteiger partial charge in [-0.25, -0.2) is 0 Å². The van der Waals surface area contributed by atoms with E-state index in [4.69, 9.17) is 18.6 Å². The molecule has 4 atom stereocenters. The molecule has 5 rings (SSSR count). The molecular weight excluding hydrogens is 592 g/mol. The highest BCUT2D eigenvalue weighted by atomic mass is 28.4. The van der Waals surface area contributed by atoms with Crippen LogP contribution in [0.2, 0.25) is 36.3 Å². The molecule has 3 aromatic rings. The lowest BCUT2D eigenvalue weighted by Crippen LogP contribution is -2.47. The van der Waals surface area contributed by atoms with Gasteiger partial charge in [-0.3, -0.25) is 0 Å². The Labute approximate surface area is 264 Å². The summed E-state index contributed by atoms with van der Waals surface area (Å²) in [5, 5.41) is 3.84. The summed E-state index contributed by atoms with van der Waals surface area (Å²) < 4.78 is 43.6. The van der Waals surface area contributed by atoms with E-state index in [-0.39, 0.29) is 46.9 Å². The molecule has 242 valence electrons. The molecule has 1 aromatic carbocycles. The van der Waals surface area contributed by atoms with Crippen molar-refractivity contribution in [1.29, 1.82) is 0 Å². The van der Waals surface area contributed by atoms with Gasteiger partial charge in [-0.1, -0.05) is 85.0 Å². The number of aromatic nitrogens is 3. The summed E-state index contributed by atoms with van der Waals surface area (Å²) in [6.07, 6.45) is 0.798. The van der Waals surface area contributed by atoms with Crippen LogP contribution in [0.1, 0.15) is 72.6 Å². The van der Waals surface area contributed by atoms with Crippen molar-refractivity contribution in [2.24, 2.45) is 0 Å². The van der Waals surface area contributed by atoms with Gasteiger partial charge < -0.3 is 28.2 Å². The van der Waals surface area contributed by atoms with Crippen molar-refractivity contribution in [3.05, 3.63) is 53.7 Å². The molecule has 44 heavy (non-hydrogen) atoms. The van der Waals surface area contributed by atoms with Gasteiger partial charge in [-0.2, -0.15) is 14.4 Å². The molecule has 2 aromatic heterocycles. The zero-order valence-corrected chi connectivity index (χ0v) is 30.5. The number of halogens is 1. The van der Waals surface area contributed by atoms with Gasteiger partial charge in [0.25, 0.3) is 0 Å². The SMILES string of the molecule is CC1(C)O[C@@H]2[C@H](O1)[C@@H](CO[Si](C)(C)C(C)(C)C)N[C@H]2c1cn([Si](C)(C)C(C)(C)C)c2c(OCc3ccccc3)nc(F)nc12. The van der Waals surface area contributed by atoms with Gasteiger partial charge in [0.15, 0.2) is 22.3 Å². The maximum atomic E-state index is 15.3. The van der Waals surface area contributed by atoms with Gasteiger partial charge in [-0.05, 0) is 42.6 Å². The van der Waals surface area contributed by atoms with Crippen molar-refractivity contribution in [3.63, 3.8) is 0 Å². The van der Waals surface area contributed by atoms with E-state index in [0.717, 1.165) is 16.6 Å². The summed E-state index contributed by atoms with van der Waals surface area (Å²) in [4.78, 5) is 8.63. The molecule has 2 fully saturated rings. The van der Waals surface area contributed by atoms with Gasteiger partial charge in [0.2, 0.25) is 5.88 Å². The van der Waals surface area contributed by atoms with Gasteiger partial charge in [0.1, 0.15) is 29.8 Å². The van der Waals surface area contributed by atoms with E-state index in [1.165, 1.54) is 0 Å². The second kappa shape index (κ2) is 11.3. The maximum absolute atomic E-state index is 15.3. The number of hydrogen-bond acceptors (Lipinski definition) is 7. The Morgan fingerprint density at radius 3 is 2.20 bits per heavy atom. The maximum Gasteiger partial charge on any atom is 0.312 e. The van der Waals surface area contributed by atoms with Crippen molar-refractivity contribution in [3.8, 4) is 5.88 Å². The Kier molecular flexibility index (Phi) is 8.51. The first-order chi connectivity index (χ1) is 20.2. The number of nitrogens with one attached hydrogen (secondary N) is 1. The van der Waals surface area contributed by atoms with Crippen molar-refractivity contribution in [1.82, 2.24) is 19.5 Å². The summed E-state index contributed by atoms with van der Waals surface area (Å²) >= 11 is 0. The molecule has 0 radical (unpaired) electrons. The lowest BCUT2D eigenvalue weighted by Gasteiger charge is -2.38. The van der Waals surface area contributed by atoms with Crippen LogP contribution in [-0.4, -0.2) is 61.4 Å². The second-order valence-corrected chi connectivity index (χ2v) is 25.8. The van der Waals surface area contributed by atoms with Crippen LogP contribution in [0.15, 0.2) is 36.5 Å². The Morgan fingerprint density at radius 1 is 0.955 bits per heavy atom. The average molecular weight is 643 g/mol. The number of benzene rings is 1. The molecular formula is C33H51FN4O4Si2. The Balaban J connectivity index is 1.60. The number of fused-ring (bicyclic) bond motifs is 2. The molecule has 4 heterocycles. The van der Waals surface area contributed by atoms with Crippen molar-refractivity contribution >= 4 is 27.6 Å². The average Bonchev–Trinajstić information content (AvgIpc) is 3.54. The third-order valence-corrected chi connectivity index (χ3v) is 20.0. The van der Waals surface area contributed by atoms with Crippen LogP contribution in [0.25, 0.3) is 11.0 Å². The predicted octanol–water partition coefficient (Wildman–Crippen LogP) is 7.56. The standard InChI is InChI=1S/C33H51FN4O4Si2/c1-31(2,3)43(9,10)38-18-22(24-26(38)29(37-30(34)36-24)39-19-21-16-14-13-15-17-21)25-28-27(41-33(7,8)42-28)23(35-25)20-40-44(11,12)32(4,5)6/h13-18,23,25,27-28,35H,19-20H2,1-12H3/t23-,25+,27-,28+/m1/s1.